The largest absolute Gasteiger partial charge is 0.464 e. The van der Waals surface area contributed by atoms with E-state index in [0.717, 1.165) is 5.56 Å². The Morgan fingerprint density at radius 1 is 1.39 bits per heavy atom. The van der Waals surface area contributed by atoms with Crippen LogP contribution in [0.4, 0.5) is 0 Å². The van der Waals surface area contributed by atoms with Gasteiger partial charge in [0.25, 0.3) is 0 Å². The van der Waals surface area contributed by atoms with Crippen molar-refractivity contribution < 1.29 is 4.42 Å². The average Bonchev–Trinajstić information content (AvgIpc) is 2.39. The van der Waals surface area contributed by atoms with Crippen molar-refractivity contribution >= 4 is 11.0 Å². The Balaban J connectivity index is 2.27. The molecule has 18 heavy (non-hydrogen) atoms. The quantitative estimate of drug-likeness (QED) is 0.265. The lowest BCUT2D eigenvalue weighted by Gasteiger charge is -1.95. The lowest BCUT2D eigenvalue weighted by Crippen LogP contribution is -1.97. The third kappa shape index (κ3) is 2.70. The van der Waals surface area contributed by atoms with Crippen molar-refractivity contribution in [2.45, 2.75) is 6.42 Å². The summed E-state index contributed by atoms with van der Waals surface area (Å²) in [7, 11) is 0. The van der Waals surface area contributed by atoms with Gasteiger partial charge < -0.3 is 4.42 Å². The van der Waals surface area contributed by atoms with Crippen molar-refractivity contribution in [2.75, 3.05) is 6.54 Å². The summed E-state index contributed by atoms with van der Waals surface area (Å²) >= 11 is 0. The molecule has 0 saturated carbocycles. The number of rotatable bonds is 2. The van der Waals surface area contributed by atoms with Crippen molar-refractivity contribution in [3.63, 3.8) is 0 Å². The van der Waals surface area contributed by atoms with Crippen molar-refractivity contribution in [1.29, 1.82) is 0 Å². The number of nitrogens with zero attached hydrogens (tertiary/aromatic N) is 3. The Labute approximate surface area is 103 Å². The molecular weight excluding hydrogens is 230 g/mol. The van der Waals surface area contributed by atoms with Gasteiger partial charge in [-0.1, -0.05) is 17.0 Å². The lowest BCUT2D eigenvalue weighted by molar-refractivity contribution is 0.602. The Bertz CT molecular complexity index is 731. The molecule has 0 saturated heterocycles. The first-order valence-electron chi connectivity index (χ1n) is 5.32. The Kier molecular flexibility index (Phi) is 3.65. The first kappa shape index (κ1) is 11.8. The van der Waals surface area contributed by atoms with Crippen LogP contribution in [0, 0.1) is 11.8 Å². The highest BCUT2D eigenvalue weighted by Gasteiger charge is 1.99. The van der Waals surface area contributed by atoms with Gasteiger partial charge in [0, 0.05) is 29.5 Å². The molecule has 0 unspecified atom stereocenters. The molecule has 5 nitrogen and oxygen atoms in total. The molecule has 5 heteroatoms. The predicted octanol–water partition coefficient (Wildman–Crippen LogP) is 2.84. The van der Waals surface area contributed by atoms with Gasteiger partial charge in [-0.2, -0.15) is 0 Å². The third-order valence-corrected chi connectivity index (χ3v) is 2.29. The maximum Gasteiger partial charge on any atom is 0.192 e. The fourth-order valence-electron chi connectivity index (χ4n) is 1.48. The van der Waals surface area contributed by atoms with Crippen molar-refractivity contribution in [3.05, 3.63) is 56.8 Å². The van der Waals surface area contributed by atoms with Crippen LogP contribution in [0.25, 0.3) is 21.4 Å². The minimum Gasteiger partial charge on any atom is -0.464 e. The van der Waals surface area contributed by atoms with E-state index in [9.17, 15) is 4.79 Å². The van der Waals surface area contributed by atoms with Crippen LogP contribution in [0.15, 0.2) is 44.9 Å². The van der Waals surface area contributed by atoms with E-state index in [1.54, 1.807) is 18.2 Å². The fourth-order valence-corrected chi connectivity index (χ4v) is 1.48. The number of hydrogen-bond donors (Lipinski definition) is 0. The molecule has 0 atom stereocenters. The highest BCUT2D eigenvalue weighted by molar-refractivity contribution is 5.77. The smallest absolute Gasteiger partial charge is 0.192 e. The van der Waals surface area contributed by atoms with Crippen LogP contribution >= 0.6 is 0 Å². The van der Waals surface area contributed by atoms with E-state index >= 15 is 0 Å². The molecule has 0 amide bonds. The Morgan fingerprint density at radius 2 is 2.28 bits per heavy atom. The molecule has 1 aromatic carbocycles. The maximum atomic E-state index is 11.6. The predicted molar refractivity (Wildman–Crippen MR) is 68.0 cm³/mol. The minimum atomic E-state index is -0.0889. The van der Waals surface area contributed by atoms with E-state index in [0.29, 0.717) is 23.9 Å². The van der Waals surface area contributed by atoms with Gasteiger partial charge in [0.2, 0.25) is 0 Å². The molecular formula is C13H9N3O2. The first-order valence-corrected chi connectivity index (χ1v) is 5.32. The van der Waals surface area contributed by atoms with E-state index < -0.39 is 0 Å². The molecule has 0 N–H and O–H groups in total. The molecule has 0 aliphatic heterocycles. The standard InChI is InChI=1S/C13H9N3O2/c14-16-15-7-2-1-3-10-4-5-13-11(9-10)12(17)6-8-18-13/h4-6,8-9H,2,7H2. The van der Waals surface area contributed by atoms with Crippen LogP contribution in [0.1, 0.15) is 12.0 Å². The fraction of sp³-hybridized carbons (Fsp3) is 0.154. The highest BCUT2D eigenvalue weighted by atomic mass is 16.3. The van der Waals surface area contributed by atoms with Crippen LogP contribution in [0.5, 0.6) is 0 Å². The van der Waals surface area contributed by atoms with Crippen LogP contribution in [-0.2, 0) is 0 Å². The summed E-state index contributed by atoms with van der Waals surface area (Å²) in [5.74, 6) is 5.78. The molecule has 1 aromatic heterocycles. The van der Waals surface area contributed by atoms with Crippen molar-refractivity contribution in [2.24, 2.45) is 5.11 Å². The molecule has 2 aromatic rings. The van der Waals surface area contributed by atoms with E-state index in [-0.39, 0.29) is 5.43 Å². The Hall–Kier alpha value is -2.70. The molecule has 88 valence electrons. The van der Waals surface area contributed by atoms with Crippen molar-refractivity contribution in [3.8, 4) is 11.8 Å². The minimum absolute atomic E-state index is 0.0889. The number of benzene rings is 1. The second-order valence-corrected chi connectivity index (χ2v) is 3.50. The normalized spacial score (nSPS) is 9.33. The summed E-state index contributed by atoms with van der Waals surface area (Å²) in [6.07, 6.45) is 1.86. The van der Waals surface area contributed by atoms with Gasteiger partial charge in [-0.15, -0.1) is 0 Å². The van der Waals surface area contributed by atoms with E-state index in [1.165, 1.54) is 12.3 Å². The van der Waals surface area contributed by atoms with Gasteiger partial charge >= 0.3 is 0 Å². The second kappa shape index (κ2) is 5.58. The first-order chi connectivity index (χ1) is 8.81. The summed E-state index contributed by atoms with van der Waals surface area (Å²) in [4.78, 5) is 14.2. The van der Waals surface area contributed by atoms with E-state index in [4.69, 9.17) is 9.95 Å². The molecule has 0 fully saturated rings. The highest BCUT2D eigenvalue weighted by Crippen LogP contribution is 2.11. The van der Waals surface area contributed by atoms with Crippen molar-refractivity contribution in [1.82, 2.24) is 0 Å². The van der Waals surface area contributed by atoms with Crippen LogP contribution in [0.2, 0.25) is 0 Å². The van der Waals surface area contributed by atoms with Crippen LogP contribution in [-0.4, -0.2) is 6.54 Å². The van der Waals surface area contributed by atoms with E-state index in [2.05, 4.69) is 21.9 Å². The molecule has 0 aliphatic carbocycles. The lowest BCUT2D eigenvalue weighted by atomic mass is 10.1. The maximum absolute atomic E-state index is 11.6. The third-order valence-electron chi connectivity index (χ3n) is 2.29. The zero-order chi connectivity index (χ0) is 12.8. The molecule has 0 aliphatic rings. The molecule has 0 bridgehead atoms. The average molecular weight is 239 g/mol. The number of fused-ring (bicyclic) bond motifs is 1. The summed E-state index contributed by atoms with van der Waals surface area (Å²) < 4.78 is 5.20. The zero-order valence-electron chi connectivity index (χ0n) is 9.46. The van der Waals surface area contributed by atoms with E-state index in [1.807, 2.05) is 0 Å². The van der Waals surface area contributed by atoms with Gasteiger partial charge in [-0.3, -0.25) is 4.79 Å². The molecule has 1 heterocycles. The summed E-state index contributed by atoms with van der Waals surface area (Å²) in [6.45, 7) is 0.346. The summed E-state index contributed by atoms with van der Waals surface area (Å²) in [5, 5.41) is 3.89. The van der Waals surface area contributed by atoms with Gasteiger partial charge in [0.1, 0.15) is 5.58 Å². The Morgan fingerprint density at radius 3 is 3.11 bits per heavy atom. The van der Waals surface area contributed by atoms with Gasteiger partial charge in [0.15, 0.2) is 5.43 Å². The van der Waals surface area contributed by atoms with Crippen LogP contribution < -0.4 is 5.43 Å². The van der Waals surface area contributed by atoms with Gasteiger partial charge in [-0.25, -0.2) is 0 Å². The number of hydrogen-bond acceptors (Lipinski definition) is 3. The molecule has 0 radical (unpaired) electrons. The SMILES string of the molecule is [N-]=[N+]=NCCC#Cc1ccc2occc(=O)c2c1. The van der Waals surface area contributed by atoms with Crippen LogP contribution in [0.3, 0.4) is 0 Å². The van der Waals surface area contributed by atoms with Gasteiger partial charge in [-0.05, 0) is 23.7 Å². The monoisotopic (exact) mass is 239 g/mol. The summed E-state index contributed by atoms with van der Waals surface area (Å²) in [5.41, 5.74) is 9.29. The number of azide groups is 1. The second-order valence-electron chi connectivity index (χ2n) is 3.50. The molecule has 2 rings (SSSR count). The van der Waals surface area contributed by atoms with Gasteiger partial charge in [0.05, 0.1) is 11.6 Å². The summed E-state index contributed by atoms with van der Waals surface area (Å²) in [6, 6.07) is 6.57. The topological polar surface area (TPSA) is 79.0 Å². The zero-order valence-corrected chi connectivity index (χ0v) is 9.46. The molecule has 0 spiro atoms.